The molecule has 0 bridgehead atoms. The van der Waals surface area contributed by atoms with Gasteiger partial charge in [-0.2, -0.15) is 8.42 Å². The smallest absolute Gasteiger partial charge is 0.360 e. The van der Waals surface area contributed by atoms with Crippen LogP contribution in [0.3, 0.4) is 0 Å². The first-order valence-corrected chi connectivity index (χ1v) is 8.97. The SMILES string of the molecule is CCOC(=O)c1coc(-c2ccncc2OCNCOS(C)(=O)=O)n1. The molecule has 25 heavy (non-hydrogen) atoms. The minimum absolute atomic E-state index is 0.0410. The van der Waals surface area contributed by atoms with Gasteiger partial charge < -0.3 is 13.9 Å². The van der Waals surface area contributed by atoms with E-state index in [-0.39, 0.29) is 31.7 Å². The number of hydrogen-bond donors (Lipinski definition) is 1. The van der Waals surface area contributed by atoms with E-state index in [2.05, 4.69) is 19.5 Å². The molecule has 2 aromatic rings. The summed E-state index contributed by atoms with van der Waals surface area (Å²) >= 11 is 0. The summed E-state index contributed by atoms with van der Waals surface area (Å²) in [5.74, 6) is -0.104. The van der Waals surface area contributed by atoms with Crippen LogP contribution in [-0.2, 0) is 19.0 Å². The van der Waals surface area contributed by atoms with Crippen LogP contribution in [-0.4, -0.2) is 50.7 Å². The minimum atomic E-state index is -3.53. The zero-order chi connectivity index (χ0) is 18.3. The number of rotatable bonds is 9. The molecule has 1 N–H and O–H groups in total. The molecule has 2 heterocycles. The Morgan fingerprint density at radius 1 is 1.36 bits per heavy atom. The second-order valence-electron chi connectivity index (χ2n) is 4.64. The highest BCUT2D eigenvalue weighted by atomic mass is 32.2. The van der Waals surface area contributed by atoms with Gasteiger partial charge in [-0.15, -0.1) is 0 Å². The lowest BCUT2D eigenvalue weighted by atomic mass is 10.2. The Hall–Kier alpha value is -2.50. The molecular formula is C14H17N3O7S. The van der Waals surface area contributed by atoms with E-state index in [1.165, 1.54) is 18.7 Å². The molecular weight excluding hydrogens is 354 g/mol. The van der Waals surface area contributed by atoms with Gasteiger partial charge >= 0.3 is 5.97 Å². The van der Waals surface area contributed by atoms with Gasteiger partial charge in [0.1, 0.15) is 19.7 Å². The highest BCUT2D eigenvalue weighted by molar-refractivity contribution is 7.85. The van der Waals surface area contributed by atoms with Gasteiger partial charge in [0, 0.05) is 6.20 Å². The lowest BCUT2D eigenvalue weighted by Crippen LogP contribution is -2.25. The van der Waals surface area contributed by atoms with Crippen molar-refractivity contribution in [2.75, 3.05) is 26.3 Å². The number of aromatic nitrogens is 2. The van der Waals surface area contributed by atoms with E-state index >= 15 is 0 Å². The van der Waals surface area contributed by atoms with Gasteiger partial charge in [0.2, 0.25) is 5.89 Å². The first-order valence-electron chi connectivity index (χ1n) is 7.15. The summed E-state index contributed by atoms with van der Waals surface area (Å²) in [7, 11) is -3.53. The molecule has 2 aromatic heterocycles. The molecule has 0 aliphatic rings. The minimum Gasteiger partial charge on any atom is -0.476 e. The fourth-order valence-electron chi connectivity index (χ4n) is 1.69. The Morgan fingerprint density at radius 2 is 2.16 bits per heavy atom. The standard InChI is InChI=1S/C14H17N3O7S/c1-3-21-14(18)11-7-22-13(17-11)10-4-5-15-6-12(10)23-8-16-9-24-25(2,19)20/h4-7,16H,3,8-9H2,1-2H3. The van der Waals surface area contributed by atoms with E-state index in [1.807, 2.05) is 0 Å². The van der Waals surface area contributed by atoms with E-state index in [1.54, 1.807) is 13.0 Å². The number of esters is 1. The first kappa shape index (κ1) is 18.8. The van der Waals surface area contributed by atoms with Gasteiger partial charge in [0.05, 0.1) is 24.6 Å². The third kappa shape index (κ3) is 5.81. The summed E-state index contributed by atoms with van der Waals surface area (Å²) in [5, 5.41) is 2.63. The van der Waals surface area contributed by atoms with Gasteiger partial charge in [-0.1, -0.05) is 0 Å². The highest BCUT2D eigenvalue weighted by Gasteiger charge is 2.17. The van der Waals surface area contributed by atoms with Crippen molar-refractivity contribution in [2.45, 2.75) is 6.92 Å². The second kappa shape index (κ2) is 8.55. The first-order chi connectivity index (χ1) is 11.9. The summed E-state index contributed by atoms with van der Waals surface area (Å²) in [6.45, 7) is 1.64. The Balaban J connectivity index is 2.02. The van der Waals surface area contributed by atoms with Crippen molar-refractivity contribution in [1.29, 1.82) is 0 Å². The predicted molar refractivity (Wildman–Crippen MR) is 85.1 cm³/mol. The Labute approximate surface area is 144 Å². The number of carbonyl (C=O) groups excluding carboxylic acids is 1. The van der Waals surface area contributed by atoms with Gasteiger partial charge in [0.15, 0.2) is 11.4 Å². The van der Waals surface area contributed by atoms with Gasteiger partial charge in [-0.05, 0) is 13.0 Å². The van der Waals surface area contributed by atoms with E-state index < -0.39 is 16.1 Å². The molecule has 0 radical (unpaired) electrons. The maximum Gasteiger partial charge on any atom is 0.360 e. The predicted octanol–water partition coefficient (Wildman–Crippen LogP) is 0.773. The summed E-state index contributed by atoms with van der Waals surface area (Å²) < 4.78 is 41.8. The van der Waals surface area contributed by atoms with E-state index in [4.69, 9.17) is 13.9 Å². The number of nitrogens with zero attached hydrogens (tertiary/aromatic N) is 2. The fourth-order valence-corrected chi connectivity index (χ4v) is 1.98. The van der Waals surface area contributed by atoms with Crippen LogP contribution >= 0.6 is 0 Å². The molecule has 0 aliphatic carbocycles. The zero-order valence-electron chi connectivity index (χ0n) is 13.6. The quantitative estimate of drug-likeness (QED) is 0.292. The Morgan fingerprint density at radius 3 is 2.88 bits per heavy atom. The molecule has 2 rings (SSSR count). The topological polar surface area (TPSA) is 130 Å². The number of ether oxygens (including phenoxy) is 2. The molecule has 0 saturated heterocycles. The molecule has 10 nitrogen and oxygen atoms in total. The number of carbonyl (C=O) groups is 1. The van der Waals surface area contributed by atoms with Crippen molar-refractivity contribution in [1.82, 2.24) is 15.3 Å². The van der Waals surface area contributed by atoms with Crippen LogP contribution in [0.15, 0.2) is 29.1 Å². The van der Waals surface area contributed by atoms with Gasteiger partial charge in [-0.25, -0.2) is 9.78 Å². The molecule has 136 valence electrons. The van der Waals surface area contributed by atoms with Crippen molar-refractivity contribution in [3.05, 3.63) is 30.4 Å². The summed E-state index contributed by atoms with van der Waals surface area (Å²) in [5.41, 5.74) is 0.510. The van der Waals surface area contributed by atoms with Crippen molar-refractivity contribution in [3.8, 4) is 17.2 Å². The monoisotopic (exact) mass is 371 g/mol. The molecule has 0 fully saturated rings. The van der Waals surface area contributed by atoms with E-state index in [0.29, 0.717) is 11.3 Å². The van der Waals surface area contributed by atoms with Crippen LogP contribution in [0.1, 0.15) is 17.4 Å². The molecule has 0 saturated carbocycles. The van der Waals surface area contributed by atoms with E-state index in [9.17, 15) is 13.2 Å². The number of nitrogens with one attached hydrogen (secondary N) is 1. The maximum atomic E-state index is 11.6. The average molecular weight is 371 g/mol. The number of oxazole rings is 1. The molecule has 11 heteroatoms. The normalized spacial score (nSPS) is 11.3. The van der Waals surface area contributed by atoms with Crippen LogP contribution in [0.2, 0.25) is 0 Å². The molecule has 0 aliphatic heterocycles. The van der Waals surface area contributed by atoms with Crippen molar-refractivity contribution in [3.63, 3.8) is 0 Å². The van der Waals surface area contributed by atoms with Gasteiger partial charge in [-0.3, -0.25) is 14.5 Å². The van der Waals surface area contributed by atoms with Crippen LogP contribution < -0.4 is 10.1 Å². The van der Waals surface area contributed by atoms with Crippen LogP contribution in [0.5, 0.6) is 5.75 Å². The van der Waals surface area contributed by atoms with Crippen LogP contribution in [0.4, 0.5) is 0 Å². The number of pyridine rings is 1. The summed E-state index contributed by atoms with van der Waals surface area (Å²) in [4.78, 5) is 19.6. The highest BCUT2D eigenvalue weighted by Crippen LogP contribution is 2.28. The zero-order valence-corrected chi connectivity index (χ0v) is 14.4. The van der Waals surface area contributed by atoms with Crippen LogP contribution in [0, 0.1) is 0 Å². The lowest BCUT2D eigenvalue weighted by molar-refractivity contribution is 0.0519. The molecule has 0 amide bonds. The lowest BCUT2D eigenvalue weighted by Gasteiger charge is -2.09. The van der Waals surface area contributed by atoms with Crippen LogP contribution in [0.25, 0.3) is 11.5 Å². The third-order valence-corrected chi connectivity index (χ3v) is 3.25. The fraction of sp³-hybridized carbons (Fsp3) is 0.357. The van der Waals surface area contributed by atoms with Gasteiger partial charge in [0.25, 0.3) is 10.1 Å². The Kier molecular flexibility index (Phi) is 6.44. The van der Waals surface area contributed by atoms with Crippen molar-refractivity contribution >= 4 is 16.1 Å². The van der Waals surface area contributed by atoms with Crippen molar-refractivity contribution < 1.29 is 31.3 Å². The molecule has 0 spiro atoms. The number of hydrogen-bond acceptors (Lipinski definition) is 10. The summed E-state index contributed by atoms with van der Waals surface area (Å²) in [6.07, 6.45) is 5.08. The Bertz CT molecular complexity index is 819. The largest absolute Gasteiger partial charge is 0.476 e. The third-order valence-electron chi connectivity index (χ3n) is 2.71. The molecule has 0 atom stereocenters. The molecule has 0 unspecified atom stereocenters. The summed E-state index contributed by atoms with van der Waals surface area (Å²) in [6, 6.07) is 1.60. The molecule has 0 aromatic carbocycles. The second-order valence-corrected chi connectivity index (χ2v) is 6.28. The van der Waals surface area contributed by atoms with Crippen molar-refractivity contribution in [2.24, 2.45) is 0 Å². The maximum absolute atomic E-state index is 11.6. The van der Waals surface area contributed by atoms with E-state index in [0.717, 1.165) is 6.26 Å². The average Bonchev–Trinajstić information content (AvgIpc) is 3.04.